The highest BCUT2D eigenvalue weighted by molar-refractivity contribution is 6.33. The van der Waals surface area contributed by atoms with Gasteiger partial charge in [-0.1, -0.05) is 25.4 Å². The molecule has 0 saturated heterocycles. The van der Waals surface area contributed by atoms with Gasteiger partial charge in [0, 0.05) is 6.20 Å². The normalized spacial score (nSPS) is 12.1. The third-order valence-electron chi connectivity index (χ3n) is 2.68. The molecule has 3 nitrogen and oxygen atoms in total. The lowest BCUT2D eigenvalue weighted by atomic mass is 10.1. The highest BCUT2D eigenvalue weighted by Crippen LogP contribution is 2.33. The van der Waals surface area contributed by atoms with Crippen LogP contribution in [0.2, 0.25) is 5.02 Å². The predicted octanol–water partition coefficient (Wildman–Crippen LogP) is 4.00. The summed E-state index contributed by atoms with van der Waals surface area (Å²) in [4.78, 5) is 4.15. The molecule has 0 unspecified atom stereocenters. The van der Waals surface area contributed by atoms with Gasteiger partial charge in [0.25, 0.3) is 0 Å². The van der Waals surface area contributed by atoms with Gasteiger partial charge < -0.3 is 0 Å². The summed E-state index contributed by atoms with van der Waals surface area (Å²) in [6.07, 6.45) is -3.68. The molecule has 2 rings (SSSR count). The molecule has 0 saturated carbocycles. The molecule has 0 fully saturated rings. The molecule has 0 spiro atoms. The van der Waals surface area contributed by atoms with Crippen LogP contribution >= 0.6 is 11.6 Å². The van der Waals surface area contributed by atoms with Crippen LogP contribution in [0, 0.1) is 11.3 Å². The van der Waals surface area contributed by atoms with Crippen molar-refractivity contribution in [1.82, 2.24) is 9.38 Å². The van der Waals surface area contributed by atoms with Gasteiger partial charge in [0.1, 0.15) is 11.8 Å². The van der Waals surface area contributed by atoms with Gasteiger partial charge >= 0.3 is 6.18 Å². The first-order valence-corrected chi connectivity index (χ1v) is 5.82. The van der Waals surface area contributed by atoms with E-state index in [1.165, 1.54) is 0 Å². The molecule has 7 heteroatoms. The summed E-state index contributed by atoms with van der Waals surface area (Å²) in [7, 11) is 0. The lowest BCUT2D eigenvalue weighted by molar-refractivity contribution is -0.137. The van der Waals surface area contributed by atoms with Gasteiger partial charge in [-0.25, -0.2) is 4.98 Å². The van der Waals surface area contributed by atoms with E-state index in [1.54, 1.807) is 13.8 Å². The van der Waals surface area contributed by atoms with Gasteiger partial charge in [-0.3, -0.25) is 4.40 Å². The molecule has 0 aromatic carbocycles. The lowest BCUT2D eigenvalue weighted by Crippen LogP contribution is -2.07. The van der Waals surface area contributed by atoms with Crippen molar-refractivity contribution in [2.75, 3.05) is 0 Å². The molecular formula is C12H9ClF3N3. The highest BCUT2D eigenvalue weighted by Gasteiger charge is 2.32. The van der Waals surface area contributed by atoms with Crippen LogP contribution in [0.5, 0.6) is 0 Å². The standard InChI is InChI=1S/C12H9ClF3N3/c1-6(2)10-9(4-17)19-5-7(12(14,15)16)3-8(13)11(19)18-10/h3,5-6H,1-2H3. The monoisotopic (exact) mass is 287 g/mol. The first-order chi connectivity index (χ1) is 8.75. The Morgan fingerprint density at radius 1 is 1.42 bits per heavy atom. The van der Waals surface area contributed by atoms with Gasteiger partial charge in [-0.05, 0) is 12.0 Å². The molecule has 0 aliphatic heterocycles. The van der Waals surface area contributed by atoms with Gasteiger partial charge in [0.2, 0.25) is 0 Å². The zero-order valence-electron chi connectivity index (χ0n) is 10.1. The fourth-order valence-electron chi connectivity index (χ4n) is 1.79. The number of hydrogen-bond acceptors (Lipinski definition) is 2. The van der Waals surface area contributed by atoms with E-state index in [0.29, 0.717) is 5.69 Å². The number of nitriles is 1. The number of rotatable bonds is 1. The Bertz CT molecular complexity index is 680. The second kappa shape index (κ2) is 4.42. The van der Waals surface area contributed by atoms with Crippen molar-refractivity contribution < 1.29 is 13.2 Å². The number of fused-ring (bicyclic) bond motifs is 1. The van der Waals surface area contributed by atoms with Crippen molar-refractivity contribution in [3.05, 3.63) is 34.2 Å². The van der Waals surface area contributed by atoms with Crippen LogP contribution in [0.15, 0.2) is 12.3 Å². The quantitative estimate of drug-likeness (QED) is 0.795. The Hall–Kier alpha value is -1.74. The van der Waals surface area contributed by atoms with E-state index in [9.17, 15) is 13.2 Å². The Labute approximate surface area is 112 Å². The fourth-order valence-corrected chi connectivity index (χ4v) is 2.04. The van der Waals surface area contributed by atoms with E-state index in [4.69, 9.17) is 16.9 Å². The van der Waals surface area contributed by atoms with Crippen LogP contribution in [0.1, 0.15) is 36.7 Å². The smallest absolute Gasteiger partial charge is 0.289 e. The first-order valence-electron chi connectivity index (χ1n) is 5.44. The summed E-state index contributed by atoms with van der Waals surface area (Å²) in [6, 6.07) is 2.69. The maximum Gasteiger partial charge on any atom is 0.417 e. The number of aromatic nitrogens is 2. The van der Waals surface area contributed by atoms with Gasteiger partial charge in [0.05, 0.1) is 16.3 Å². The molecule has 100 valence electrons. The van der Waals surface area contributed by atoms with E-state index in [0.717, 1.165) is 16.7 Å². The molecule has 2 aromatic rings. The van der Waals surface area contributed by atoms with E-state index in [1.807, 2.05) is 6.07 Å². The van der Waals surface area contributed by atoms with Gasteiger partial charge in [0.15, 0.2) is 5.65 Å². The average Bonchev–Trinajstić information content (AvgIpc) is 2.66. The number of nitrogens with zero attached hydrogens (tertiary/aromatic N) is 3. The molecule has 2 heterocycles. The van der Waals surface area contributed by atoms with E-state index >= 15 is 0 Å². The first kappa shape index (κ1) is 13.7. The third-order valence-corrected chi connectivity index (χ3v) is 2.96. The number of halogens is 4. The van der Waals surface area contributed by atoms with Crippen LogP contribution in [0.4, 0.5) is 13.2 Å². The summed E-state index contributed by atoms with van der Waals surface area (Å²) in [5, 5.41) is 8.98. The number of alkyl halides is 3. The molecule has 2 aromatic heterocycles. The molecule has 19 heavy (non-hydrogen) atoms. The minimum absolute atomic E-state index is 0.0815. The average molecular weight is 288 g/mol. The van der Waals surface area contributed by atoms with Crippen molar-refractivity contribution in [3.63, 3.8) is 0 Å². The third kappa shape index (κ3) is 2.26. The largest absolute Gasteiger partial charge is 0.417 e. The van der Waals surface area contributed by atoms with Crippen molar-refractivity contribution >= 4 is 17.2 Å². The summed E-state index contributed by atoms with van der Waals surface area (Å²) in [5.41, 5.74) is -0.231. The minimum atomic E-state index is -4.52. The second-order valence-electron chi connectivity index (χ2n) is 4.38. The van der Waals surface area contributed by atoms with Crippen LogP contribution in [-0.4, -0.2) is 9.38 Å². The topological polar surface area (TPSA) is 41.1 Å². The minimum Gasteiger partial charge on any atom is -0.289 e. The highest BCUT2D eigenvalue weighted by atomic mass is 35.5. The Morgan fingerprint density at radius 3 is 2.53 bits per heavy atom. The maximum atomic E-state index is 12.7. The van der Waals surface area contributed by atoms with Gasteiger partial charge in [-0.2, -0.15) is 18.4 Å². The van der Waals surface area contributed by atoms with Crippen molar-refractivity contribution in [1.29, 1.82) is 5.26 Å². The predicted molar refractivity (Wildman–Crippen MR) is 64.0 cm³/mol. The zero-order chi connectivity index (χ0) is 14.4. The fraction of sp³-hybridized carbons (Fsp3) is 0.333. The molecule has 0 radical (unpaired) electrons. The summed E-state index contributed by atoms with van der Waals surface area (Å²) < 4.78 is 39.3. The zero-order valence-corrected chi connectivity index (χ0v) is 10.8. The van der Waals surface area contributed by atoms with Crippen LogP contribution in [-0.2, 0) is 6.18 Å². The Morgan fingerprint density at radius 2 is 2.05 bits per heavy atom. The maximum absolute atomic E-state index is 12.7. The summed E-state index contributed by atoms with van der Waals surface area (Å²) in [6.45, 7) is 3.61. The summed E-state index contributed by atoms with van der Waals surface area (Å²) >= 11 is 5.82. The molecule has 0 aliphatic rings. The van der Waals surface area contributed by atoms with Crippen molar-refractivity contribution in [2.24, 2.45) is 0 Å². The second-order valence-corrected chi connectivity index (χ2v) is 4.79. The Kier molecular flexibility index (Phi) is 3.19. The molecule has 0 bridgehead atoms. The van der Waals surface area contributed by atoms with E-state index in [2.05, 4.69) is 4.98 Å². The van der Waals surface area contributed by atoms with Gasteiger partial charge in [-0.15, -0.1) is 0 Å². The molecular weight excluding hydrogens is 279 g/mol. The molecule has 0 aliphatic carbocycles. The molecule has 0 amide bonds. The number of hydrogen-bond donors (Lipinski definition) is 0. The number of pyridine rings is 1. The number of imidazole rings is 1. The van der Waals surface area contributed by atoms with Crippen molar-refractivity contribution in [2.45, 2.75) is 25.9 Å². The SMILES string of the molecule is CC(C)c1nc2c(Cl)cc(C(F)(F)F)cn2c1C#N. The summed E-state index contributed by atoms with van der Waals surface area (Å²) in [5.74, 6) is -0.0834. The van der Waals surface area contributed by atoms with Crippen LogP contribution in [0.3, 0.4) is 0 Å². The van der Waals surface area contributed by atoms with Crippen LogP contribution in [0.25, 0.3) is 5.65 Å². The molecule has 0 N–H and O–H groups in total. The van der Waals surface area contributed by atoms with E-state index in [-0.39, 0.29) is 22.3 Å². The van der Waals surface area contributed by atoms with Crippen LogP contribution < -0.4 is 0 Å². The van der Waals surface area contributed by atoms with E-state index < -0.39 is 11.7 Å². The van der Waals surface area contributed by atoms with Crippen molar-refractivity contribution in [3.8, 4) is 6.07 Å². The lowest BCUT2D eigenvalue weighted by Gasteiger charge is -2.08. The molecule has 0 atom stereocenters. The Balaban J connectivity index is 2.84.